The molecule has 8 aromatic heterocycles. The molecule has 138 heavy (non-hydrogen) atoms. The summed E-state index contributed by atoms with van der Waals surface area (Å²) in [5.74, 6) is 4.56. The Balaban J connectivity index is 0.000000109. The molecule has 0 spiro atoms. The molecule has 0 unspecified atom stereocenters. The van der Waals surface area contributed by atoms with Gasteiger partial charge in [0.15, 0.2) is 40.8 Å². The number of hydrogen-bond acceptors (Lipinski definition) is 12. The predicted molar refractivity (Wildman–Crippen MR) is 574 cm³/mol. The summed E-state index contributed by atoms with van der Waals surface area (Å²) in [6, 6.07) is 161. The molecule has 0 saturated carbocycles. The molecule has 0 radical (unpaired) electrons. The van der Waals surface area contributed by atoms with Gasteiger partial charge < -0.3 is 8.80 Å². The van der Waals surface area contributed by atoms with E-state index < -0.39 is 0 Å². The SMILES string of the molecule is c1ccc(-c2cc(-c3ccccc3)nc(-c3ccc4c(ccc5ccc6sc(-c7ccccc7)nc6c54)c3)n2)cc1.c1ccc(-c2nc(-c3ccccc3)nc(-c3cc4cc(c3)n3c5ccccc5c5ccc(cc53)c3ccccc3c3ccc5c6ccccc6n4c5c3)n2)cc1.c1ccc(-c2nc(-c3ccccc3)nc(-c3ccc4c(ccc5ccc6sc(-c7ccccc7)nc6c54)c3)n2)cc1. The van der Waals surface area contributed by atoms with Gasteiger partial charge in [-0.3, -0.25) is 0 Å². The summed E-state index contributed by atoms with van der Waals surface area (Å²) in [5, 5.41) is 21.0. The standard InChI is InChI=1S/C51H31N5.C37H23N3S.C36H22N4S/c1-3-13-32(14-4-1)49-52-50(33-15-5-2-6-16-33)54-51(53-49)36-27-37-31-38(28-36)56-46-22-12-10-20-42(46)44-26-24-35(30-48(44)56)40-18-8-7-17-39(40)34-23-25-43-41-19-9-11-21-45(41)55(37)47(43)29-34;1-4-10-24(11-5-1)31-23-32(25-12-6-2-7-13-25)39-36(38-31)29-18-20-30-28(22-29)17-16-26-19-21-33-35(34(26)30)40-37(41-33)27-14-8-3-9-15-27;1-4-10-24(11-5-1)33-38-34(25-12-6-2-7-13-25)40-35(39-33)28-18-20-29-27(22-28)17-16-23-19-21-30-32(31(23)29)37-36(41-30)26-14-8-3-9-15-26/h1-31H;1-23H;1-22H. The number of fused-ring (bicyclic) bond motifs is 25. The Labute approximate surface area is 799 Å². The molecule has 0 aliphatic heterocycles. The lowest BCUT2D eigenvalue weighted by Gasteiger charge is -2.11. The van der Waals surface area contributed by atoms with Gasteiger partial charge in [0, 0.05) is 105 Å². The monoisotopic (exact) mass is 1800 g/mol. The smallest absolute Gasteiger partial charge is 0.164 e. The van der Waals surface area contributed by atoms with E-state index in [0.29, 0.717) is 40.8 Å². The average molecular weight is 1800 g/mol. The molecule has 0 saturated heterocycles. The number of thiazole rings is 2. The van der Waals surface area contributed by atoms with Crippen molar-refractivity contribution < 1.29 is 0 Å². The summed E-state index contributed by atoms with van der Waals surface area (Å²) in [6.45, 7) is 0. The third-order valence-corrected chi connectivity index (χ3v) is 28.2. The molecule has 20 aromatic carbocycles. The molecule has 644 valence electrons. The van der Waals surface area contributed by atoms with Gasteiger partial charge >= 0.3 is 0 Å². The summed E-state index contributed by atoms with van der Waals surface area (Å²) >= 11 is 3.48. The highest BCUT2D eigenvalue weighted by atomic mass is 32.1. The lowest BCUT2D eigenvalue weighted by atomic mass is 9.99. The Bertz CT molecular complexity index is 9040. The molecule has 0 aliphatic carbocycles. The summed E-state index contributed by atoms with van der Waals surface area (Å²) in [6.07, 6.45) is 0. The van der Waals surface area contributed by atoms with Crippen molar-refractivity contribution in [3.8, 4) is 123 Å². The second kappa shape index (κ2) is 34.2. The highest BCUT2D eigenvalue weighted by Crippen LogP contribution is 2.44. The normalized spacial score (nSPS) is 11.6. The predicted octanol–water partition coefficient (Wildman–Crippen LogP) is 32.4. The maximum absolute atomic E-state index is 5.22. The van der Waals surface area contributed by atoms with Crippen LogP contribution in [-0.2, 0) is 0 Å². The van der Waals surface area contributed by atoms with Crippen molar-refractivity contribution in [3.63, 3.8) is 0 Å². The second-order valence-electron chi connectivity index (χ2n) is 34.5. The number of para-hydroxylation sites is 2. The van der Waals surface area contributed by atoms with E-state index in [1.165, 1.54) is 84.8 Å². The van der Waals surface area contributed by atoms with Crippen LogP contribution in [0.4, 0.5) is 0 Å². The first kappa shape index (κ1) is 80.8. The first-order valence-electron chi connectivity index (χ1n) is 46.1. The molecule has 0 fully saturated rings. The van der Waals surface area contributed by atoms with Crippen LogP contribution in [0.5, 0.6) is 0 Å². The van der Waals surface area contributed by atoms with Gasteiger partial charge in [-0.15, -0.1) is 22.7 Å². The average Bonchev–Trinajstić information content (AvgIpc) is 1.56. The lowest BCUT2D eigenvalue weighted by molar-refractivity contribution is 1.07. The third kappa shape index (κ3) is 14.7. The van der Waals surface area contributed by atoms with Crippen molar-refractivity contribution in [1.82, 2.24) is 58.6 Å². The van der Waals surface area contributed by atoms with Gasteiger partial charge in [-0.05, 0) is 127 Å². The number of rotatable bonds is 11. The fraction of sp³-hybridized carbons (Fsp3) is 0. The fourth-order valence-corrected chi connectivity index (χ4v) is 21.5. The van der Waals surface area contributed by atoms with Crippen LogP contribution in [0.25, 0.3) is 263 Å². The minimum Gasteiger partial charge on any atom is -0.309 e. The van der Waals surface area contributed by atoms with Crippen LogP contribution >= 0.6 is 22.7 Å². The number of hydrogen-bond donors (Lipinski definition) is 0. The van der Waals surface area contributed by atoms with Crippen LogP contribution in [0.1, 0.15) is 0 Å². The van der Waals surface area contributed by atoms with Crippen LogP contribution in [0.2, 0.25) is 0 Å². The minimum atomic E-state index is 0.612. The first-order chi connectivity index (χ1) is 68.3. The van der Waals surface area contributed by atoms with Crippen molar-refractivity contribution in [3.05, 3.63) is 461 Å². The maximum atomic E-state index is 5.22. The molecular weight excluding hydrogens is 1720 g/mol. The van der Waals surface area contributed by atoms with E-state index in [1.807, 2.05) is 146 Å². The molecule has 0 N–H and O–H groups in total. The zero-order valence-corrected chi connectivity index (χ0v) is 75.7. The number of nitrogens with zero attached hydrogens (tertiary/aromatic N) is 12. The summed E-state index contributed by atoms with van der Waals surface area (Å²) in [7, 11) is 0. The van der Waals surface area contributed by atoms with E-state index in [9.17, 15) is 0 Å². The highest BCUT2D eigenvalue weighted by molar-refractivity contribution is 7.22. The van der Waals surface area contributed by atoms with Crippen molar-refractivity contribution in [2.75, 3.05) is 0 Å². The maximum Gasteiger partial charge on any atom is 0.164 e. The van der Waals surface area contributed by atoms with E-state index in [2.05, 4.69) is 324 Å². The Morgan fingerprint density at radius 1 is 0.159 bits per heavy atom. The zero-order valence-electron chi connectivity index (χ0n) is 74.1. The summed E-state index contributed by atoms with van der Waals surface area (Å²) in [5.41, 5.74) is 21.6. The molecule has 28 aromatic rings. The Morgan fingerprint density at radius 2 is 0.435 bits per heavy atom. The fourth-order valence-electron chi connectivity index (χ4n) is 19.5. The molecule has 28 rings (SSSR count). The summed E-state index contributed by atoms with van der Waals surface area (Å²) < 4.78 is 7.21. The first-order valence-corrected chi connectivity index (χ1v) is 47.7. The van der Waals surface area contributed by atoms with Crippen molar-refractivity contribution >= 4 is 162 Å². The van der Waals surface area contributed by atoms with Crippen LogP contribution in [0.15, 0.2) is 461 Å². The number of aromatic nitrogens is 12. The molecular formula is C124H76N12S2. The zero-order chi connectivity index (χ0) is 91.1. The largest absolute Gasteiger partial charge is 0.309 e. The van der Waals surface area contributed by atoms with Gasteiger partial charge in [-0.1, -0.05) is 388 Å². The third-order valence-electron chi connectivity index (χ3n) is 26.1. The molecule has 12 nitrogen and oxygen atoms in total. The Morgan fingerprint density at radius 3 is 0.812 bits per heavy atom. The van der Waals surface area contributed by atoms with Gasteiger partial charge in [0.1, 0.15) is 10.0 Å². The van der Waals surface area contributed by atoms with Gasteiger partial charge in [-0.25, -0.2) is 49.8 Å². The minimum absolute atomic E-state index is 0.612. The molecule has 0 amide bonds. The van der Waals surface area contributed by atoms with E-state index in [-0.39, 0.29) is 0 Å². The van der Waals surface area contributed by atoms with E-state index in [4.69, 9.17) is 49.8 Å². The van der Waals surface area contributed by atoms with Crippen molar-refractivity contribution in [1.29, 1.82) is 0 Å². The Kier molecular flexibility index (Phi) is 20.0. The van der Waals surface area contributed by atoms with Crippen LogP contribution in [0.3, 0.4) is 0 Å². The van der Waals surface area contributed by atoms with Crippen LogP contribution in [0, 0.1) is 0 Å². The van der Waals surface area contributed by atoms with Gasteiger partial charge in [0.05, 0.1) is 53.9 Å². The Hall–Kier alpha value is -18.1. The van der Waals surface area contributed by atoms with Gasteiger partial charge in [-0.2, -0.15) is 0 Å². The quantitative estimate of drug-likeness (QED) is 0.115. The van der Waals surface area contributed by atoms with Crippen LogP contribution in [-0.4, -0.2) is 58.6 Å². The molecule has 8 heterocycles. The highest BCUT2D eigenvalue weighted by Gasteiger charge is 2.23. The molecule has 6 bridgehead atoms. The van der Waals surface area contributed by atoms with Gasteiger partial charge in [0.25, 0.3) is 0 Å². The molecule has 0 atom stereocenters. The van der Waals surface area contributed by atoms with E-state index in [1.54, 1.807) is 22.7 Å². The van der Waals surface area contributed by atoms with Gasteiger partial charge in [0.2, 0.25) is 0 Å². The topological polar surface area (TPSA) is 138 Å². The molecule has 0 aliphatic rings. The lowest BCUT2D eigenvalue weighted by Crippen LogP contribution is -2.00. The van der Waals surface area contributed by atoms with E-state index >= 15 is 0 Å². The number of benzene rings is 20. The summed E-state index contributed by atoms with van der Waals surface area (Å²) in [4.78, 5) is 50.4. The van der Waals surface area contributed by atoms with E-state index in [0.717, 1.165) is 138 Å². The van der Waals surface area contributed by atoms with Crippen molar-refractivity contribution in [2.24, 2.45) is 0 Å². The second-order valence-corrected chi connectivity index (χ2v) is 36.6. The van der Waals surface area contributed by atoms with Crippen LogP contribution < -0.4 is 0 Å². The van der Waals surface area contributed by atoms with Crippen molar-refractivity contribution in [2.45, 2.75) is 0 Å². The molecule has 14 heteroatoms.